The van der Waals surface area contributed by atoms with Crippen LogP contribution in [0, 0.1) is 23.7 Å². The fourth-order valence-corrected chi connectivity index (χ4v) is 3.88. The van der Waals surface area contributed by atoms with Gasteiger partial charge >= 0.3 is 18.9 Å². The van der Waals surface area contributed by atoms with Crippen molar-refractivity contribution in [3.8, 4) is 0 Å². The van der Waals surface area contributed by atoms with E-state index in [1.54, 1.807) is 0 Å². The average molecular weight is 158 g/mol. The molecule has 0 radical (unpaired) electrons. The van der Waals surface area contributed by atoms with Crippen LogP contribution < -0.4 is 24.0 Å². The van der Waals surface area contributed by atoms with E-state index < -0.39 is 0 Å². The first-order chi connectivity index (χ1) is 5.33. The summed E-state index contributed by atoms with van der Waals surface area (Å²) in [5.74, 6) is 3.10. The maximum atomic E-state index is 11.7. The summed E-state index contributed by atoms with van der Waals surface area (Å²) in [5, 5.41) is 11.7. The largest absolute Gasteiger partial charge is 1.00 e. The van der Waals surface area contributed by atoms with Crippen molar-refractivity contribution in [2.24, 2.45) is 23.7 Å². The summed E-state index contributed by atoms with van der Waals surface area (Å²) < 4.78 is 0. The summed E-state index contributed by atoms with van der Waals surface area (Å²) in [7, 11) is 0. The molecule has 0 N–H and O–H groups in total. The van der Waals surface area contributed by atoms with E-state index in [-0.39, 0.29) is 25.0 Å². The van der Waals surface area contributed by atoms with E-state index in [0.717, 1.165) is 11.8 Å². The van der Waals surface area contributed by atoms with Crippen molar-refractivity contribution >= 4 is 0 Å². The Morgan fingerprint density at radius 3 is 1.58 bits per heavy atom. The third-order valence-corrected chi connectivity index (χ3v) is 4.14. The first-order valence-corrected chi connectivity index (χ1v) is 4.98. The zero-order valence-electron chi connectivity index (χ0n) is 7.83. The molecule has 0 aromatic carbocycles. The predicted octanol–water partition coefficient (Wildman–Crippen LogP) is -1.82. The molecule has 0 aromatic rings. The van der Waals surface area contributed by atoms with Gasteiger partial charge in [-0.15, -0.1) is 6.10 Å². The molecule has 0 saturated heterocycles. The van der Waals surface area contributed by atoms with Crippen molar-refractivity contribution in [1.29, 1.82) is 0 Å². The summed E-state index contributed by atoms with van der Waals surface area (Å²) in [6.45, 7) is 0. The Hall–Kier alpha value is 0.557. The van der Waals surface area contributed by atoms with Crippen molar-refractivity contribution in [3.63, 3.8) is 0 Å². The van der Waals surface area contributed by atoms with Gasteiger partial charge < -0.3 is 5.11 Å². The summed E-state index contributed by atoms with van der Waals surface area (Å²) in [4.78, 5) is 0. The van der Waals surface area contributed by atoms with Crippen LogP contribution in [0.15, 0.2) is 0 Å². The fourth-order valence-electron chi connectivity index (χ4n) is 3.88. The Kier molecular flexibility index (Phi) is 2.32. The molecule has 0 amide bonds. The third-order valence-electron chi connectivity index (χ3n) is 4.14. The summed E-state index contributed by atoms with van der Waals surface area (Å²) in [6, 6.07) is 0. The van der Waals surface area contributed by atoms with Gasteiger partial charge in [0.25, 0.3) is 0 Å². The van der Waals surface area contributed by atoms with E-state index in [4.69, 9.17) is 0 Å². The third kappa shape index (κ3) is 1.18. The van der Waals surface area contributed by atoms with Crippen LogP contribution in [0.1, 0.15) is 32.1 Å². The second kappa shape index (κ2) is 3.05. The molecule has 4 bridgehead atoms. The van der Waals surface area contributed by atoms with Gasteiger partial charge in [-0.1, -0.05) is 11.8 Å². The molecular formula is C10H15LiO. The van der Waals surface area contributed by atoms with E-state index in [2.05, 4.69) is 0 Å². The molecule has 0 unspecified atom stereocenters. The molecule has 4 aliphatic rings. The molecule has 62 valence electrons. The van der Waals surface area contributed by atoms with Crippen LogP contribution in [0.25, 0.3) is 0 Å². The summed E-state index contributed by atoms with van der Waals surface area (Å²) in [5.41, 5.74) is 0. The molecule has 0 aliphatic heterocycles. The van der Waals surface area contributed by atoms with Crippen LogP contribution in [0.3, 0.4) is 0 Å². The van der Waals surface area contributed by atoms with Gasteiger partial charge in [0.15, 0.2) is 0 Å². The van der Waals surface area contributed by atoms with Gasteiger partial charge in [0.2, 0.25) is 0 Å². The van der Waals surface area contributed by atoms with E-state index in [9.17, 15) is 5.11 Å². The van der Waals surface area contributed by atoms with Gasteiger partial charge in [0.1, 0.15) is 0 Å². The maximum absolute atomic E-state index is 11.7. The number of hydrogen-bond acceptors (Lipinski definition) is 1. The van der Waals surface area contributed by atoms with Gasteiger partial charge in [-0.3, -0.25) is 0 Å². The van der Waals surface area contributed by atoms with Crippen molar-refractivity contribution in [1.82, 2.24) is 0 Å². The molecular weight excluding hydrogens is 143 g/mol. The molecule has 4 rings (SSSR count). The number of hydrogen-bond donors (Lipinski definition) is 0. The van der Waals surface area contributed by atoms with E-state index >= 15 is 0 Å². The minimum atomic E-state index is -0.164. The monoisotopic (exact) mass is 158 g/mol. The molecule has 4 saturated carbocycles. The van der Waals surface area contributed by atoms with E-state index in [1.165, 1.54) is 32.1 Å². The Morgan fingerprint density at radius 2 is 1.17 bits per heavy atom. The molecule has 0 spiro atoms. The molecule has 2 heteroatoms. The Bertz CT molecular complexity index is 153. The standard InChI is InChI=1S/C10H15O.Li/c11-10-8-2-6-1-7(4-8)5-9(10)3-6;/h6-10H,1-5H2;/q-1;+1. The van der Waals surface area contributed by atoms with Crippen molar-refractivity contribution in [3.05, 3.63) is 0 Å². The van der Waals surface area contributed by atoms with Gasteiger partial charge in [-0.2, -0.15) is 0 Å². The van der Waals surface area contributed by atoms with Gasteiger partial charge in [0.05, 0.1) is 0 Å². The van der Waals surface area contributed by atoms with E-state index in [0.29, 0.717) is 11.8 Å². The maximum Gasteiger partial charge on any atom is 1.00 e. The zero-order chi connectivity index (χ0) is 7.42. The van der Waals surface area contributed by atoms with Crippen LogP contribution >= 0.6 is 0 Å². The molecule has 1 nitrogen and oxygen atoms in total. The average Bonchev–Trinajstić information content (AvgIpc) is 1.98. The quantitative estimate of drug-likeness (QED) is 0.380. The van der Waals surface area contributed by atoms with Gasteiger partial charge in [-0.05, 0) is 43.9 Å². The van der Waals surface area contributed by atoms with E-state index in [1.807, 2.05) is 0 Å². The summed E-state index contributed by atoms with van der Waals surface area (Å²) in [6.07, 6.45) is 6.41. The molecule has 4 fully saturated rings. The topological polar surface area (TPSA) is 23.1 Å². The van der Waals surface area contributed by atoms with Crippen molar-refractivity contribution in [2.75, 3.05) is 0 Å². The Morgan fingerprint density at radius 1 is 0.750 bits per heavy atom. The summed E-state index contributed by atoms with van der Waals surface area (Å²) >= 11 is 0. The Labute approximate surface area is 86.1 Å². The molecule has 0 heterocycles. The predicted molar refractivity (Wildman–Crippen MR) is 40.8 cm³/mol. The second-order valence-corrected chi connectivity index (χ2v) is 4.90. The minimum Gasteiger partial charge on any atom is -0.852 e. The molecule has 0 aromatic heterocycles. The minimum absolute atomic E-state index is 0. The van der Waals surface area contributed by atoms with Crippen LogP contribution in [0.4, 0.5) is 0 Å². The smallest absolute Gasteiger partial charge is 0.852 e. The number of rotatable bonds is 0. The fraction of sp³-hybridized carbons (Fsp3) is 1.00. The SMILES string of the molecule is [Li+].[O-]C1C2CC3CC(C2)CC1C3. The molecule has 0 atom stereocenters. The molecule has 12 heavy (non-hydrogen) atoms. The van der Waals surface area contributed by atoms with Crippen LogP contribution in [0.5, 0.6) is 0 Å². The van der Waals surface area contributed by atoms with Crippen molar-refractivity contribution < 1.29 is 24.0 Å². The van der Waals surface area contributed by atoms with Crippen LogP contribution in [0.2, 0.25) is 0 Å². The first-order valence-electron chi connectivity index (χ1n) is 4.98. The zero-order valence-corrected chi connectivity index (χ0v) is 7.83. The van der Waals surface area contributed by atoms with Gasteiger partial charge in [-0.25, -0.2) is 0 Å². The first kappa shape index (κ1) is 9.13. The van der Waals surface area contributed by atoms with Crippen LogP contribution in [-0.2, 0) is 0 Å². The van der Waals surface area contributed by atoms with Gasteiger partial charge in [0, 0.05) is 0 Å². The van der Waals surface area contributed by atoms with Crippen LogP contribution in [-0.4, -0.2) is 6.10 Å². The normalized spacial score (nSPS) is 55.2. The van der Waals surface area contributed by atoms with Crippen molar-refractivity contribution in [2.45, 2.75) is 38.2 Å². The molecule has 4 aliphatic carbocycles. The second-order valence-electron chi connectivity index (χ2n) is 4.90. The Balaban J connectivity index is 0.000000563.